The number of aromatic nitrogens is 1. The minimum Gasteiger partial charge on any atom is -0.376 e. The molecule has 1 saturated heterocycles. The minimum atomic E-state index is -1.11. The van der Waals surface area contributed by atoms with E-state index in [4.69, 9.17) is 15.2 Å². The van der Waals surface area contributed by atoms with Gasteiger partial charge in [-0.3, -0.25) is 4.98 Å². The van der Waals surface area contributed by atoms with E-state index in [1.54, 1.807) is 12.1 Å². The highest BCUT2D eigenvalue weighted by Crippen LogP contribution is 2.27. The van der Waals surface area contributed by atoms with Crippen LogP contribution in [0.1, 0.15) is 48.6 Å². The lowest BCUT2D eigenvalue weighted by Crippen LogP contribution is -2.19. The lowest BCUT2D eigenvalue weighted by molar-refractivity contribution is -0.0947. The van der Waals surface area contributed by atoms with E-state index < -0.39 is 18.3 Å². The van der Waals surface area contributed by atoms with Crippen molar-refractivity contribution in [3.8, 4) is 0 Å². The number of hydrogen-bond acceptors (Lipinski definition) is 7. The minimum absolute atomic E-state index is 0.0645. The number of anilines is 1. The van der Waals surface area contributed by atoms with Crippen LogP contribution < -0.4 is 11.1 Å². The largest absolute Gasteiger partial charge is 0.376 e. The molecule has 1 aliphatic rings. The van der Waals surface area contributed by atoms with Crippen molar-refractivity contribution in [2.45, 2.75) is 50.8 Å². The summed E-state index contributed by atoms with van der Waals surface area (Å²) in [6.07, 6.45) is 7.23. The van der Waals surface area contributed by atoms with E-state index in [9.17, 15) is 14.6 Å². The van der Waals surface area contributed by atoms with Crippen LogP contribution >= 0.6 is 0 Å². The third-order valence-electron chi connectivity index (χ3n) is 5.51. The number of hydrogen-bond donors (Lipinski definition) is 4. The monoisotopic (exact) mass is 457 g/mol. The van der Waals surface area contributed by atoms with Crippen molar-refractivity contribution in [1.82, 2.24) is 4.98 Å². The first-order chi connectivity index (χ1) is 16.0. The Hall–Kier alpha value is -2.62. The predicted octanol–water partition coefficient (Wildman–Crippen LogP) is 3.65. The molecule has 3 unspecified atom stereocenters. The van der Waals surface area contributed by atoms with E-state index in [0.29, 0.717) is 31.6 Å². The maximum Gasteiger partial charge on any atom is 0.174 e. The Bertz CT molecular complexity index is 947. The fourth-order valence-electron chi connectivity index (χ4n) is 3.64. The number of ether oxygens (including phenoxy) is 2. The third kappa shape index (κ3) is 7.45. The molecule has 2 aromatic rings. The molecule has 5 N–H and O–H groups in total. The van der Waals surface area contributed by atoms with E-state index >= 15 is 0 Å². The number of nitrogens with one attached hydrogen (secondary N) is 1. The van der Waals surface area contributed by atoms with Crippen LogP contribution in [0.15, 0.2) is 55.4 Å². The molecule has 0 bridgehead atoms. The van der Waals surface area contributed by atoms with Gasteiger partial charge in [0.2, 0.25) is 0 Å². The summed E-state index contributed by atoms with van der Waals surface area (Å²) in [5.41, 5.74) is 9.20. The zero-order valence-electron chi connectivity index (χ0n) is 18.6. The van der Waals surface area contributed by atoms with E-state index in [1.165, 1.54) is 12.3 Å². The summed E-state index contributed by atoms with van der Waals surface area (Å²) < 4.78 is 24.7. The average Bonchev–Trinajstić information content (AvgIpc) is 3.35. The Kier molecular flexibility index (Phi) is 9.53. The van der Waals surface area contributed by atoms with E-state index in [0.717, 1.165) is 42.3 Å². The molecule has 3 atom stereocenters. The number of pyridine rings is 1. The number of halogens is 1. The van der Waals surface area contributed by atoms with Gasteiger partial charge in [-0.15, -0.1) is 0 Å². The molecule has 1 aromatic carbocycles. The summed E-state index contributed by atoms with van der Waals surface area (Å²) in [5.74, 6) is -0.548. The molecule has 7 nitrogen and oxygen atoms in total. The maximum atomic E-state index is 13.8. The van der Waals surface area contributed by atoms with Crippen LogP contribution in [0.25, 0.3) is 5.57 Å². The molecule has 2 heterocycles. The zero-order chi connectivity index (χ0) is 23.6. The number of aliphatic hydroxyl groups is 2. The smallest absolute Gasteiger partial charge is 0.174 e. The van der Waals surface area contributed by atoms with Gasteiger partial charge in [0.05, 0.1) is 24.6 Å². The molecule has 0 saturated carbocycles. The van der Waals surface area contributed by atoms with Crippen LogP contribution in [0.4, 0.5) is 10.1 Å². The van der Waals surface area contributed by atoms with Crippen LogP contribution in [-0.4, -0.2) is 40.8 Å². The fraction of sp³-hybridized carbons (Fsp3) is 0.400. The van der Waals surface area contributed by atoms with Crippen molar-refractivity contribution in [3.05, 3.63) is 77.9 Å². The number of rotatable bonds is 12. The SMILES string of the molecule is C=C(CC/C=C/C(O)OCC1CCCO1)c1cc(C(O)Nc2ccncc2F)ccc1CN. The number of nitrogens with two attached hydrogens (primary N) is 1. The molecule has 0 spiro atoms. The second-order valence-electron chi connectivity index (χ2n) is 7.95. The van der Waals surface area contributed by atoms with Crippen molar-refractivity contribution >= 4 is 11.3 Å². The average molecular weight is 458 g/mol. The first-order valence-corrected chi connectivity index (χ1v) is 11.1. The van der Waals surface area contributed by atoms with Crippen molar-refractivity contribution < 1.29 is 24.1 Å². The molecule has 1 aromatic heterocycles. The number of benzene rings is 1. The first kappa shape index (κ1) is 25.0. The Morgan fingerprint density at radius 2 is 2.24 bits per heavy atom. The summed E-state index contributed by atoms with van der Waals surface area (Å²) in [5, 5.41) is 23.2. The molecular weight excluding hydrogens is 425 g/mol. The van der Waals surface area contributed by atoms with Crippen molar-refractivity contribution in [2.75, 3.05) is 18.5 Å². The van der Waals surface area contributed by atoms with Gasteiger partial charge in [-0.2, -0.15) is 0 Å². The number of nitrogens with zero attached hydrogens (tertiary/aromatic N) is 1. The predicted molar refractivity (Wildman–Crippen MR) is 125 cm³/mol. The van der Waals surface area contributed by atoms with Crippen LogP contribution in [0.5, 0.6) is 0 Å². The molecule has 33 heavy (non-hydrogen) atoms. The zero-order valence-corrected chi connectivity index (χ0v) is 18.6. The van der Waals surface area contributed by atoms with Crippen LogP contribution in [-0.2, 0) is 16.0 Å². The normalized spacial score (nSPS) is 17.9. The third-order valence-corrected chi connectivity index (χ3v) is 5.51. The summed E-state index contributed by atoms with van der Waals surface area (Å²) in [4.78, 5) is 3.70. The standard InChI is InChI=1S/C25H32FN3O4/c1-17(5-2-3-7-24(30)33-16-20-6-4-12-32-20)21-13-18(8-9-19(21)14-27)25(31)29-23-10-11-28-15-22(23)26/h3,7-11,13,15,20,24-25,30-31H,1-2,4-6,12,14,16,27H2,(H,28,29)/b7-3+. The Morgan fingerprint density at radius 3 is 2.97 bits per heavy atom. The summed E-state index contributed by atoms with van der Waals surface area (Å²) in [6.45, 7) is 5.62. The van der Waals surface area contributed by atoms with Gasteiger partial charge in [0, 0.05) is 24.9 Å². The van der Waals surface area contributed by atoms with Gasteiger partial charge in [-0.25, -0.2) is 4.39 Å². The van der Waals surface area contributed by atoms with Gasteiger partial charge in [-0.1, -0.05) is 24.8 Å². The highest BCUT2D eigenvalue weighted by atomic mass is 19.1. The lowest BCUT2D eigenvalue weighted by atomic mass is 9.94. The first-order valence-electron chi connectivity index (χ1n) is 11.1. The van der Waals surface area contributed by atoms with Gasteiger partial charge >= 0.3 is 0 Å². The van der Waals surface area contributed by atoms with Crippen molar-refractivity contribution in [1.29, 1.82) is 0 Å². The highest BCUT2D eigenvalue weighted by Gasteiger charge is 2.17. The Balaban J connectivity index is 1.55. The van der Waals surface area contributed by atoms with Crippen LogP contribution in [0, 0.1) is 5.82 Å². The van der Waals surface area contributed by atoms with Crippen LogP contribution in [0.3, 0.4) is 0 Å². The molecule has 0 radical (unpaired) electrons. The maximum absolute atomic E-state index is 13.8. The van der Waals surface area contributed by atoms with Crippen molar-refractivity contribution in [2.24, 2.45) is 5.73 Å². The van der Waals surface area contributed by atoms with Gasteiger partial charge in [0.1, 0.15) is 0 Å². The second-order valence-corrected chi connectivity index (χ2v) is 7.95. The molecule has 1 aliphatic heterocycles. The van der Waals surface area contributed by atoms with Crippen molar-refractivity contribution in [3.63, 3.8) is 0 Å². The summed E-state index contributed by atoms with van der Waals surface area (Å²) in [7, 11) is 0. The topological polar surface area (TPSA) is 110 Å². The Morgan fingerprint density at radius 1 is 1.39 bits per heavy atom. The summed E-state index contributed by atoms with van der Waals surface area (Å²) in [6, 6.07) is 6.85. The highest BCUT2D eigenvalue weighted by molar-refractivity contribution is 5.67. The Labute approximate surface area is 193 Å². The fourth-order valence-corrected chi connectivity index (χ4v) is 3.64. The molecule has 8 heteroatoms. The number of allylic oxidation sites excluding steroid dienone is 2. The second kappa shape index (κ2) is 12.6. The summed E-state index contributed by atoms with van der Waals surface area (Å²) >= 11 is 0. The van der Waals surface area contributed by atoms with Crippen LogP contribution in [0.2, 0.25) is 0 Å². The van der Waals surface area contributed by atoms with E-state index in [2.05, 4.69) is 16.9 Å². The van der Waals surface area contributed by atoms with Gasteiger partial charge in [0.25, 0.3) is 0 Å². The quantitative estimate of drug-likeness (QED) is 0.284. The molecular formula is C25H32FN3O4. The number of aliphatic hydroxyl groups excluding tert-OH is 2. The molecule has 1 fully saturated rings. The van der Waals surface area contributed by atoms with Gasteiger partial charge in [0.15, 0.2) is 18.3 Å². The molecule has 3 rings (SSSR count). The van der Waals surface area contributed by atoms with Gasteiger partial charge in [-0.05, 0) is 60.6 Å². The molecule has 0 aliphatic carbocycles. The van der Waals surface area contributed by atoms with E-state index in [-0.39, 0.29) is 11.8 Å². The molecule has 0 amide bonds. The van der Waals surface area contributed by atoms with Gasteiger partial charge < -0.3 is 30.7 Å². The molecule has 178 valence electrons. The van der Waals surface area contributed by atoms with E-state index in [1.807, 2.05) is 18.2 Å². The lowest BCUT2D eigenvalue weighted by Gasteiger charge is -2.18.